The molecule has 2 aromatic rings. The second kappa shape index (κ2) is 6.09. The Bertz CT molecular complexity index is 497. The van der Waals surface area contributed by atoms with Gasteiger partial charge in [0.15, 0.2) is 0 Å². The van der Waals surface area contributed by atoms with E-state index in [9.17, 15) is 4.79 Å². The third-order valence-corrected chi connectivity index (χ3v) is 2.09. The van der Waals surface area contributed by atoms with Gasteiger partial charge in [0.05, 0.1) is 0 Å². The van der Waals surface area contributed by atoms with Crippen molar-refractivity contribution in [2.75, 3.05) is 0 Å². The van der Waals surface area contributed by atoms with Gasteiger partial charge in [-0.25, -0.2) is 4.79 Å². The van der Waals surface area contributed by atoms with Gasteiger partial charge in [-0.2, -0.15) is 0 Å². The minimum absolute atomic E-state index is 0. The minimum atomic E-state index is -0.994. The third-order valence-electron chi connectivity index (χ3n) is 2.09. The van der Waals surface area contributed by atoms with E-state index in [0.29, 0.717) is 11.5 Å². The van der Waals surface area contributed by atoms with Gasteiger partial charge in [0.2, 0.25) is 0 Å². The number of rotatable bonds is 3. The number of hydrogen-bond donors (Lipinski definition) is 1. The first-order chi connectivity index (χ1) is 7.77. The van der Waals surface area contributed by atoms with E-state index in [2.05, 4.69) is 0 Å². The van der Waals surface area contributed by atoms with Crippen LogP contribution < -0.4 is 4.74 Å². The molecule has 2 rings (SSSR count). The number of carboxylic acid groups (broad SMARTS) is 1. The summed E-state index contributed by atoms with van der Waals surface area (Å²) in [7, 11) is 0. The number of carboxylic acids is 1. The van der Waals surface area contributed by atoms with Gasteiger partial charge in [-0.15, -0.1) is 0 Å². The van der Waals surface area contributed by atoms with Crippen molar-refractivity contribution >= 4 is 5.97 Å². The standard InChI is InChI=1S/C13H10O3.Cu/c14-13(15)11-8-4-5-9-12(11)16-10-6-2-1-3-7-10;/h1-9H,(H,14,15);. The molecular formula is C13H10CuO3. The molecule has 0 unspecified atom stereocenters. The zero-order valence-corrected chi connectivity index (χ0v) is 9.70. The molecule has 3 nitrogen and oxygen atoms in total. The molecule has 2 aromatic carbocycles. The van der Waals surface area contributed by atoms with Crippen LogP contribution in [0.2, 0.25) is 0 Å². The van der Waals surface area contributed by atoms with E-state index >= 15 is 0 Å². The predicted molar refractivity (Wildman–Crippen MR) is 59.9 cm³/mol. The van der Waals surface area contributed by atoms with Gasteiger partial charge in [0.25, 0.3) is 0 Å². The van der Waals surface area contributed by atoms with Crippen LogP contribution in [-0.2, 0) is 17.1 Å². The topological polar surface area (TPSA) is 46.5 Å². The summed E-state index contributed by atoms with van der Waals surface area (Å²) in [5, 5.41) is 8.96. The summed E-state index contributed by atoms with van der Waals surface area (Å²) < 4.78 is 5.49. The first-order valence-electron chi connectivity index (χ1n) is 4.82. The molecule has 0 aliphatic heterocycles. The molecule has 1 radical (unpaired) electrons. The molecule has 0 bridgehead atoms. The fraction of sp³-hybridized carbons (Fsp3) is 0. The number of benzene rings is 2. The number of carbonyl (C=O) groups is 1. The van der Waals surface area contributed by atoms with Crippen LogP contribution in [0.3, 0.4) is 0 Å². The second-order valence-corrected chi connectivity index (χ2v) is 3.22. The molecular weight excluding hydrogens is 268 g/mol. The van der Waals surface area contributed by atoms with Crippen LogP contribution in [0.15, 0.2) is 54.6 Å². The van der Waals surface area contributed by atoms with Gasteiger partial charge in [0, 0.05) is 17.1 Å². The number of ether oxygens (including phenoxy) is 1. The van der Waals surface area contributed by atoms with Crippen molar-refractivity contribution in [2.45, 2.75) is 0 Å². The van der Waals surface area contributed by atoms with Gasteiger partial charge >= 0.3 is 5.97 Å². The molecule has 0 atom stereocenters. The minimum Gasteiger partial charge on any atom is -0.478 e. The van der Waals surface area contributed by atoms with Crippen molar-refractivity contribution in [1.82, 2.24) is 0 Å². The Morgan fingerprint density at radius 1 is 0.941 bits per heavy atom. The largest absolute Gasteiger partial charge is 0.478 e. The fourth-order valence-corrected chi connectivity index (χ4v) is 1.35. The normalized spacial score (nSPS) is 9.18. The van der Waals surface area contributed by atoms with Gasteiger partial charge in [-0.1, -0.05) is 30.3 Å². The van der Waals surface area contributed by atoms with Crippen LogP contribution in [0.1, 0.15) is 10.4 Å². The monoisotopic (exact) mass is 277 g/mol. The van der Waals surface area contributed by atoms with E-state index in [1.165, 1.54) is 6.07 Å². The number of para-hydroxylation sites is 2. The molecule has 0 spiro atoms. The Labute approximate surface area is 110 Å². The first kappa shape index (κ1) is 13.3. The first-order valence-corrected chi connectivity index (χ1v) is 4.82. The van der Waals surface area contributed by atoms with Gasteiger partial charge in [-0.3, -0.25) is 0 Å². The molecule has 0 aliphatic rings. The SMILES string of the molecule is O=C(O)c1ccccc1Oc1ccccc1.[Cu]. The Hall–Kier alpha value is -1.77. The Balaban J connectivity index is 0.00000144. The molecule has 0 saturated carbocycles. The second-order valence-electron chi connectivity index (χ2n) is 3.22. The van der Waals surface area contributed by atoms with E-state index in [1.54, 1.807) is 30.3 Å². The molecule has 0 fully saturated rings. The van der Waals surface area contributed by atoms with Crippen LogP contribution in [0.4, 0.5) is 0 Å². The van der Waals surface area contributed by atoms with Crippen molar-refractivity contribution in [3.63, 3.8) is 0 Å². The van der Waals surface area contributed by atoms with E-state index in [1.807, 2.05) is 18.2 Å². The Morgan fingerprint density at radius 3 is 2.18 bits per heavy atom. The van der Waals surface area contributed by atoms with Crippen molar-refractivity contribution in [3.8, 4) is 11.5 Å². The van der Waals surface area contributed by atoms with E-state index in [4.69, 9.17) is 9.84 Å². The predicted octanol–water partition coefficient (Wildman–Crippen LogP) is 3.17. The molecule has 91 valence electrons. The summed E-state index contributed by atoms with van der Waals surface area (Å²) in [4.78, 5) is 10.9. The molecule has 0 amide bonds. The third kappa shape index (κ3) is 3.34. The van der Waals surface area contributed by atoms with Crippen molar-refractivity contribution < 1.29 is 31.7 Å². The van der Waals surface area contributed by atoms with Crippen molar-refractivity contribution in [1.29, 1.82) is 0 Å². The fourth-order valence-electron chi connectivity index (χ4n) is 1.35. The molecule has 0 saturated heterocycles. The zero-order valence-electron chi connectivity index (χ0n) is 8.76. The number of hydrogen-bond acceptors (Lipinski definition) is 2. The van der Waals surface area contributed by atoms with Gasteiger partial charge in [0.1, 0.15) is 17.1 Å². The quantitative estimate of drug-likeness (QED) is 0.877. The zero-order chi connectivity index (χ0) is 11.4. The van der Waals surface area contributed by atoms with Crippen molar-refractivity contribution in [2.24, 2.45) is 0 Å². The summed E-state index contributed by atoms with van der Waals surface area (Å²) in [6, 6.07) is 15.6. The van der Waals surface area contributed by atoms with Crippen molar-refractivity contribution in [3.05, 3.63) is 60.2 Å². The van der Waals surface area contributed by atoms with E-state index in [0.717, 1.165) is 0 Å². The van der Waals surface area contributed by atoms with Crippen LogP contribution in [0.5, 0.6) is 11.5 Å². The number of aromatic carboxylic acids is 1. The summed E-state index contributed by atoms with van der Waals surface area (Å²) in [5.41, 5.74) is 0.159. The summed E-state index contributed by atoms with van der Waals surface area (Å²) >= 11 is 0. The molecule has 17 heavy (non-hydrogen) atoms. The molecule has 0 aromatic heterocycles. The summed E-state index contributed by atoms with van der Waals surface area (Å²) in [6.45, 7) is 0. The molecule has 4 heteroatoms. The summed E-state index contributed by atoms with van der Waals surface area (Å²) in [5.74, 6) is -0.0241. The van der Waals surface area contributed by atoms with Gasteiger partial charge < -0.3 is 9.84 Å². The maximum Gasteiger partial charge on any atom is 0.339 e. The van der Waals surface area contributed by atoms with Crippen LogP contribution in [0.25, 0.3) is 0 Å². The molecule has 1 N–H and O–H groups in total. The molecule has 0 aliphatic carbocycles. The van der Waals surface area contributed by atoms with E-state index < -0.39 is 5.97 Å². The Kier molecular flexibility index (Phi) is 4.76. The average Bonchev–Trinajstić information content (AvgIpc) is 2.31. The van der Waals surface area contributed by atoms with Crippen LogP contribution in [-0.4, -0.2) is 11.1 Å². The van der Waals surface area contributed by atoms with Crippen LogP contribution >= 0.6 is 0 Å². The summed E-state index contributed by atoms with van der Waals surface area (Å²) in [6.07, 6.45) is 0. The Morgan fingerprint density at radius 2 is 1.53 bits per heavy atom. The van der Waals surface area contributed by atoms with Gasteiger partial charge in [-0.05, 0) is 24.3 Å². The molecule has 0 heterocycles. The van der Waals surface area contributed by atoms with E-state index in [-0.39, 0.29) is 22.6 Å². The maximum atomic E-state index is 10.9. The average molecular weight is 278 g/mol. The smallest absolute Gasteiger partial charge is 0.339 e. The maximum absolute atomic E-state index is 10.9. The van der Waals surface area contributed by atoms with Crippen LogP contribution in [0, 0.1) is 0 Å².